The van der Waals surface area contributed by atoms with Crippen LogP contribution in [0.15, 0.2) is 54.6 Å². The Kier molecular flexibility index (Phi) is 6.09. The van der Waals surface area contributed by atoms with Gasteiger partial charge in [0.05, 0.1) is 22.3 Å². The van der Waals surface area contributed by atoms with Crippen molar-refractivity contribution in [3.8, 4) is 17.0 Å². The van der Waals surface area contributed by atoms with Gasteiger partial charge in [-0.15, -0.1) is 0 Å². The molecule has 0 unspecified atom stereocenters. The van der Waals surface area contributed by atoms with Gasteiger partial charge < -0.3 is 14.9 Å². The van der Waals surface area contributed by atoms with E-state index >= 15 is 0 Å². The first kappa shape index (κ1) is 22.8. The van der Waals surface area contributed by atoms with Gasteiger partial charge in [0.1, 0.15) is 5.75 Å². The number of amides is 1. The Morgan fingerprint density at radius 2 is 1.63 bits per heavy atom. The van der Waals surface area contributed by atoms with Crippen LogP contribution in [0, 0.1) is 6.92 Å². The van der Waals surface area contributed by atoms with Crippen LogP contribution >= 0.6 is 0 Å². The zero-order valence-corrected chi connectivity index (χ0v) is 20.3. The number of fused-ring (bicyclic) bond motifs is 1. The van der Waals surface area contributed by atoms with E-state index in [1.54, 1.807) is 16.8 Å². The molecular weight excluding hydrogens is 438 g/mol. The van der Waals surface area contributed by atoms with E-state index < -0.39 is 0 Å². The van der Waals surface area contributed by atoms with Crippen molar-refractivity contribution >= 4 is 29.1 Å². The molecule has 2 aromatic carbocycles. The van der Waals surface area contributed by atoms with Crippen molar-refractivity contribution in [3.63, 3.8) is 0 Å². The maximum absolute atomic E-state index is 13.8. The number of piperazine rings is 1. The minimum absolute atomic E-state index is 0.0106. The van der Waals surface area contributed by atoms with Crippen LogP contribution in [-0.4, -0.2) is 68.8 Å². The van der Waals surface area contributed by atoms with Crippen LogP contribution in [0.3, 0.4) is 0 Å². The number of rotatable bonds is 4. The lowest BCUT2D eigenvalue weighted by molar-refractivity contribution is 0.0666. The molecule has 35 heavy (non-hydrogen) atoms. The number of phenols is 1. The van der Waals surface area contributed by atoms with Gasteiger partial charge in [-0.05, 0) is 55.9 Å². The van der Waals surface area contributed by atoms with Crippen LogP contribution < -0.4 is 0 Å². The Balaban J connectivity index is 1.64. The molecule has 1 N–H and O–H groups in total. The lowest BCUT2D eigenvalue weighted by Crippen LogP contribution is -2.47. The molecule has 5 rings (SSSR count). The van der Waals surface area contributed by atoms with Crippen LogP contribution in [0.1, 0.15) is 27.2 Å². The largest absolute Gasteiger partial charge is 0.508 e. The number of hydrogen-bond acceptors (Lipinski definition) is 5. The molecule has 0 bridgehead atoms. The molecule has 1 aliphatic heterocycles. The Labute approximate surface area is 204 Å². The molecule has 2 aromatic heterocycles. The average molecular weight is 468 g/mol. The molecule has 0 spiro atoms. The monoisotopic (exact) mass is 467 g/mol. The summed E-state index contributed by atoms with van der Waals surface area (Å²) < 4.78 is 1.73. The van der Waals surface area contributed by atoms with Crippen LogP contribution in [0.4, 0.5) is 0 Å². The summed E-state index contributed by atoms with van der Waals surface area (Å²) in [6.07, 6.45) is 3.97. The fourth-order valence-corrected chi connectivity index (χ4v) is 4.38. The van der Waals surface area contributed by atoms with Crippen molar-refractivity contribution in [1.82, 2.24) is 24.6 Å². The summed E-state index contributed by atoms with van der Waals surface area (Å²) in [4.78, 5) is 22.8. The van der Waals surface area contributed by atoms with Crippen LogP contribution in [0.25, 0.3) is 34.4 Å². The zero-order valence-electron chi connectivity index (χ0n) is 20.3. The standard InChI is InChI=1S/C28H29N5O2/c1-19-4-6-20(7-5-19)8-13-24-26-23(28(35)33-16-14-31(2)15-17-33)18-25(29-27(26)32(3)30-24)21-9-11-22(34)12-10-21/h4-13,18,34H,14-17H2,1-3H3/b13-8+. The third-order valence-corrected chi connectivity index (χ3v) is 6.52. The predicted octanol–water partition coefficient (Wildman–Crippen LogP) is 4.21. The molecule has 0 saturated carbocycles. The molecule has 1 aliphatic rings. The van der Waals surface area contributed by atoms with Crippen molar-refractivity contribution in [2.75, 3.05) is 33.2 Å². The Hall–Kier alpha value is -3.97. The normalized spacial score (nSPS) is 14.8. The van der Waals surface area contributed by atoms with Crippen LogP contribution in [0.5, 0.6) is 5.75 Å². The van der Waals surface area contributed by atoms with Gasteiger partial charge in [-0.2, -0.15) is 5.10 Å². The fraction of sp³-hybridized carbons (Fsp3) is 0.250. The van der Waals surface area contributed by atoms with E-state index in [0.717, 1.165) is 29.6 Å². The summed E-state index contributed by atoms with van der Waals surface area (Å²) in [6.45, 7) is 5.12. The summed E-state index contributed by atoms with van der Waals surface area (Å²) in [5, 5.41) is 15.2. The maximum Gasteiger partial charge on any atom is 0.254 e. The molecule has 0 atom stereocenters. The first-order chi connectivity index (χ1) is 16.9. The van der Waals surface area contributed by atoms with E-state index in [0.29, 0.717) is 35.7 Å². The van der Waals surface area contributed by atoms with Gasteiger partial charge >= 0.3 is 0 Å². The third kappa shape index (κ3) is 4.68. The van der Waals surface area contributed by atoms with Crippen LogP contribution in [-0.2, 0) is 7.05 Å². The number of benzene rings is 2. The first-order valence-corrected chi connectivity index (χ1v) is 11.8. The number of aromatic hydroxyl groups is 1. The Bertz CT molecular complexity index is 1400. The van der Waals surface area contributed by atoms with Gasteiger partial charge in [-0.3, -0.25) is 4.79 Å². The van der Waals surface area contributed by atoms with E-state index in [1.807, 2.05) is 42.3 Å². The second-order valence-corrected chi connectivity index (χ2v) is 9.15. The van der Waals surface area contributed by atoms with Gasteiger partial charge in [0.15, 0.2) is 5.65 Å². The van der Waals surface area contributed by atoms with Gasteiger partial charge in [-0.1, -0.05) is 35.9 Å². The zero-order chi connectivity index (χ0) is 24.5. The second-order valence-electron chi connectivity index (χ2n) is 9.15. The number of nitrogens with zero attached hydrogens (tertiary/aromatic N) is 5. The number of hydrogen-bond donors (Lipinski definition) is 1. The lowest BCUT2D eigenvalue weighted by Gasteiger charge is -2.32. The topological polar surface area (TPSA) is 74.5 Å². The van der Waals surface area contributed by atoms with Crippen molar-refractivity contribution in [2.24, 2.45) is 7.05 Å². The summed E-state index contributed by atoms with van der Waals surface area (Å²) in [7, 11) is 3.92. The number of likely N-dealkylation sites (N-methyl/N-ethyl adjacent to an activating group) is 1. The molecule has 1 fully saturated rings. The molecule has 7 nitrogen and oxygen atoms in total. The molecule has 7 heteroatoms. The SMILES string of the molecule is Cc1ccc(/C=C/c2nn(C)c3nc(-c4ccc(O)cc4)cc(C(=O)N4CCN(C)CC4)c23)cc1. The number of pyridine rings is 1. The molecular formula is C28H29N5O2. The molecule has 3 heterocycles. The number of aryl methyl sites for hydroxylation is 2. The van der Waals surface area contributed by atoms with Gasteiger partial charge in [0.2, 0.25) is 0 Å². The summed E-state index contributed by atoms with van der Waals surface area (Å²) >= 11 is 0. The second kappa shape index (κ2) is 9.35. The van der Waals surface area contributed by atoms with Crippen molar-refractivity contribution in [3.05, 3.63) is 77.0 Å². The summed E-state index contributed by atoms with van der Waals surface area (Å²) in [5.74, 6) is 0.177. The van der Waals surface area contributed by atoms with E-state index in [1.165, 1.54) is 5.56 Å². The minimum Gasteiger partial charge on any atom is -0.508 e. The van der Waals surface area contributed by atoms with Gasteiger partial charge in [0.25, 0.3) is 5.91 Å². The highest BCUT2D eigenvalue weighted by Gasteiger charge is 2.26. The average Bonchev–Trinajstić information content (AvgIpc) is 3.19. The van der Waals surface area contributed by atoms with Gasteiger partial charge in [-0.25, -0.2) is 9.67 Å². The predicted molar refractivity (Wildman–Crippen MR) is 139 cm³/mol. The number of phenolic OH excluding ortho intramolecular Hbond substituents is 1. The van der Waals surface area contributed by atoms with E-state index in [4.69, 9.17) is 10.1 Å². The highest BCUT2D eigenvalue weighted by molar-refractivity contribution is 6.09. The first-order valence-electron chi connectivity index (χ1n) is 11.8. The number of aromatic nitrogens is 3. The van der Waals surface area contributed by atoms with E-state index in [9.17, 15) is 9.90 Å². The van der Waals surface area contributed by atoms with Crippen molar-refractivity contribution in [2.45, 2.75) is 6.92 Å². The fourth-order valence-electron chi connectivity index (χ4n) is 4.38. The smallest absolute Gasteiger partial charge is 0.254 e. The molecule has 1 saturated heterocycles. The summed E-state index contributed by atoms with van der Waals surface area (Å²) in [5.41, 5.74) is 5.73. The molecule has 1 amide bonds. The molecule has 178 valence electrons. The number of carbonyl (C=O) groups excluding carboxylic acids is 1. The lowest BCUT2D eigenvalue weighted by atomic mass is 10.0. The molecule has 0 radical (unpaired) electrons. The Morgan fingerprint density at radius 3 is 2.31 bits per heavy atom. The highest BCUT2D eigenvalue weighted by atomic mass is 16.3. The number of carbonyl (C=O) groups is 1. The van der Waals surface area contributed by atoms with Crippen molar-refractivity contribution in [1.29, 1.82) is 0 Å². The van der Waals surface area contributed by atoms with E-state index in [2.05, 4.69) is 43.1 Å². The van der Waals surface area contributed by atoms with E-state index in [-0.39, 0.29) is 11.7 Å². The minimum atomic E-state index is -0.0106. The quantitative estimate of drug-likeness (QED) is 0.487. The van der Waals surface area contributed by atoms with Crippen molar-refractivity contribution < 1.29 is 9.90 Å². The van der Waals surface area contributed by atoms with Gasteiger partial charge in [0, 0.05) is 38.8 Å². The molecule has 0 aliphatic carbocycles. The Morgan fingerprint density at radius 1 is 0.943 bits per heavy atom. The molecule has 4 aromatic rings. The third-order valence-electron chi connectivity index (χ3n) is 6.52. The highest BCUT2D eigenvalue weighted by Crippen LogP contribution is 2.30. The van der Waals surface area contributed by atoms with Crippen LogP contribution in [0.2, 0.25) is 0 Å². The maximum atomic E-state index is 13.8. The summed E-state index contributed by atoms with van der Waals surface area (Å²) in [6, 6.07) is 17.0.